The number of hydrogen-bond acceptors (Lipinski definition) is 8. The first kappa shape index (κ1) is 85.2. The third-order valence-corrected chi connectivity index (χ3v) is 17.4. The summed E-state index contributed by atoms with van der Waals surface area (Å²) in [6.45, 7) is 4.16. The summed E-state index contributed by atoms with van der Waals surface area (Å²) in [7, 11) is 1.18. The van der Waals surface area contributed by atoms with Crippen molar-refractivity contribution in [2.24, 2.45) is 0 Å². The molecular formula is C78H142NO8P. The van der Waals surface area contributed by atoms with E-state index in [0.29, 0.717) is 17.4 Å². The Hall–Kier alpha value is -2.81. The molecule has 2 unspecified atom stereocenters. The first-order valence-electron chi connectivity index (χ1n) is 37.3. The van der Waals surface area contributed by atoms with Gasteiger partial charge in [-0.3, -0.25) is 14.2 Å². The summed E-state index contributed by atoms with van der Waals surface area (Å²) in [5.41, 5.74) is 0. The summed E-state index contributed by atoms with van der Waals surface area (Å²) in [5, 5.41) is 0. The molecule has 0 radical (unpaired) electrons. The van der Waals surface area contributed by atoms with Crippen LogP contribution in [0.1, 0.15) is 348 Å². The van der Waals surface area contributed by atoms with E-state index in [9.17, 15) is 19.0 Å². The van der Waals surface area contributed by atoms with E-state index in [1.165, 1.54) is 244 Å². The van der Waals surface area contributed by atoms with Gasteiger partial charge in [0.2, 0.25) is 0 Å². The fourth-order valence-electron chi connectivity index (χ4n) is 10.7. The minimum absolute atomic E-state index is 0.0308. The maximum atomic E-state index is 12.9. The first-order valence-corrected chi connectivity index (χ1v) is 38.8. The molecule has 2 atom stereocenters. The predicted octanol–water partition coefficient (Wildman–Crippen LogP) is 23.9. The number of nitrogens with zero attached hydrogens (tertiary/aromatic N) is 1. The number of esters is 2. The number of rotatable bonds is 69. The van der Waals surface area contributed by atoms with Crippen molar-refractivity contribution in [2.45, 2.75) is 354 Å². The van der Waals surface area contributed by atoms with E-state index in [2.05, 4.69) is 98.9 Å². The van der Waals surface area contributed by atoms with Crippen molar-refractivity contribution in [3.63, 3.8) is 0 Å². The lowest BCUT2D eigenvalue weighted by Crippen LogP contribution is -2.37. The number of carbonyl (C=O) groups excluding carboxylic acids is 2. The lowest BCUT2D eigenvalue weighted by molar-refractivity contribution is -0.870. The summed E-state index contributed by atoms with van der Waals surface area (Å²) in [5.74, 6) is -0.820. The number of hydrogen-bond donors (Lipinski definition) is 0. The Balaban J connectivity index is 3.92. The van der Waals surface area contributed by atoms with Gasteiger partial charge < -0.3 is 27.9 Å². The van der Waals surface area contributed by atoms with Gasteiger partial charge in [-0.15, -0.1) is 0 Å². The molecule has 0 fully saturated rings. The third-order valence-electron chi connectivity index (χ3n) is 16.4. The number of carbonyl (C=O) groups is 2. The van der Waals surface area contributed by atoms with Crippen molar-refractivity contribution in [3.05, 3.63) is 85.1 Å². The lowest BCUT2D eigenvalue weighted by atomic mass is 10.0. The minimum Gasteiger partial charge on any atom is -0.756 e. The molecule has 0 rings (SSSR count). The van der Waals surface area contributed by atoms with E-state index in [1.807, 2.05) is 21.1 Å². The maximum absolute atomic E-state index is 12.9. The molecule has 0 saturated carbocycles. The van der Waals surface area contributed by atoms with Gasteiger partial charge in [0.1, 0.15) is 19.8 Å². The minimum atomic E-state index is -4.64. The Morgan fingerprint density at radius 3 is 0.966 bits per heavy atom. The molecule has 0 aliphatic heterocycles. The smallest absolute Gasteiger partial charge is 0.306 e. The number of phosphoric ester groups is 1. The van der Waals surface area contributed by atoms with Crippen LogP contribution >= 0.6 is 7.82 Å². The van der Waals surface area contributed by atoms with Crippen LogP contribution in [-0.4, -0.2) is 70.0 Å². The van der Waals surface area contributed by atoms with Crippen molar-refractivity contribution in [1.82, 2.24) is 0 Å². The molecule has 0 aromatic carbocycles. The van der Waals surface area contributed by atoms with Crippen molar-refractivity contribution in [3.8, 4) is 0 Å². The molecule has 512 valence electrons. The Labute approximate surface area is 545 Å². The van der Waals surface area contributed by atoms with Gasteiger partial charge in [0, 0.05) is 12.8 Å². The highest BCUT2D eigenvalue weighted by Gasteiger charge is 2.22. The van der Waals surface area contributed by atoms with Crippen LogP contribution in [0.2, 0.25) is 0 Å². The van der Waals surface area contributed by atoms with Gasteiger partial charge in [-0.25, -0.2) is 0 Å². The standard InChI is InChI=1S/C78H142NO8P/c1-6-8-10-12-14-16-18-20-22-24-26-28-30-31-32-33-34-35-36-37-38-39-40-41-42-43-44-45-46-47-49-51-53-55-57-59-61-63-65-67-69-71-78(81)87-76(75-86-88(82,83)85-73-72-79(3,4)5)74-84-77(80)70-68-66-64-62-60-58-56-54-52-50-48-29-27-25-23-21-19-17-15-13-11-9-7-2/h8,10,14,16,19-22,25-28,31-32,76H,6-7,9,11-13,15,17-18,23-24,29-30,33-75H2,1-5H3/b10-8-,16-14-,21-19-,22-20-,27-25-,28-26-,32-31-. The highest BCUT2D eigenvalue weighted by molar-refractivity contribution is 7.45. The van der Waals surface area contributed by atoms with Crippen molar-refractivity contribution >= 4 is 19.8 Å². The number of allylic oxidation sites excluding steroid dienone is 14. The van der Waals surface area contributed by atoms with Crippen LogP contribution in [0.3, 0.4) is 0 Å². The molecule has 9 nitrogen and oxygen atoms in total. The molecule has 88 heavy (non-hydrogen) atoms. The predicted molar refractivity (Wildman–Crippen MR) is 379 cm³/mol. The van der Waals surface area contributed by atoms with Crippen LogP contribution < -0.4 is 4.89 Å². The molecule has 0 aromatic rings. The van der Waals surface area contributed by atoms with Gasteiger partial charge in [-0.2, -0.15) is 0 Å². The average molecular weight is 1250 g/mol. The van der Waals surface area contributed by atoms with Gasteiger partial charge in [-0.05, 0) is 89.9 Å². The van der Waals surface area contributed by atoms with Crippen molar-refractivity contribution in [1.29, 1.82) is 0 Å². The third kappa shape index (κ3) is 72.3. The second-order valence-electron chi connectivity index (χ2n) is 26.3. The summed E-state index contributed by atoms with van der Waals surface area (Å²) >= 11 is 0. The van der Waals surface area contributed by atoms with Gasteiger partial charge in [0.05, 0.1) is 27.7 Å². The maximum Gasteiger partial charge on any atom is 0.306 e. The van der Waals surface area contributed by atoms with Crippen LogP contribution in [0.25, 0.3) is 0 Å². The van der Waals surface area contributed by atoms with Crippen LogP contribution in [0.15, 0.2) is 85.1 Å². The number of phosphoric acid groups is 1. The Kier molecular flexibility index (Phi) is 66.4. The summed E-state index contributed by atoms with van der Waals surface area (Å²) in [6.07, 6.45) is 94.0. The zero-order valence-corrected chi connectivity index (χ0v) is 59.3. The second kappa shape index (κ2) is 68.6. The Morgan fingerprint density at radius 1 is 0.364 bits per heavy atom. The number of unbranched alkanes of at least 4 members (excludes halogenated alkanes) is 41. The fourth-order valence-corrected chi connectivity index (χ4v) is 11.4. The molecule has 0 saturated heterocycles. The molecule has 0 heterocycles. The normalized spacial score (nSPS) is 13.6. The van der Waals surface area contributed by atoms with Gasteiger partial charge in [-0.1, -0.05) is 330 Å². The van der Waals surface area contributed by atoms with Crippen LogP contribution in [-0.2, 0) is 32.7 Å². The van der Waals surface area contributed by atoms with E-state index < -0.39 is 26.5 Å². The quantitative estimate of drug-likeness (QED) is 0.0195. The van der Waals surface area contributed by atoms with Gasteiger partial charge in [0.15, 0.2) is 6.10 Å². The van der Waals surface area contributed by atoms with Crippen LogP contribution in [0, 0.1) is 0 Å². The number of quaternary nitrogens is 1. The summed E-state index contributed by atoms with van der Waals surface area (Å²) < 4.78 is 34.3. The molecule has 0 aliphatic carbocycles. The molecule has 0 spiro atoms. The van der Waals surface area contributed by atoms with E-state index in [1.54, 1.807) is 0 Å². The average Bonchev–Trinajstić information content (AvgIpc) is 3.58. The van der Waals surface area contributed by atoms with E-state index in [-0.39, 0.29) is 32.0 Å². The van der Waals surface area contributed by atoms with E-state index in [4.69, 9.17) is 18.5 Å². The molecule has 0 aliphatic rings. The number of ether oxygens (including phenoxy) is 2. The molecule has 0 amide bonds. The van der Waals surface area contributed by atoms with Crippen molar-refractivity contribution < 1.29 is 42.1 Å². The zero-order valence-electron chi connectivity index (χ0n) is 58.4. The molecular weight excluding hydrogens is 1110 g/mol. The Morgan fingerprint density at radius 2 is 0.648 bits per heavy atom. The molecule has 0 aromatic heterocycles. The number of likely N-dealkylation sites (N-methyl/N-ethyl adjacent to an activating group) is 1. The first-order chi connectivity index (χ1) is 43.0. The topological polar surface area (TPSA) is 111 Å². The summed E-state index contributed by atoms with van der Waals surface area (Å²) in [4.78, 5) is 38.1. The highest BCUT2D eigenvalue weighted by Crippen LogP contribution is 2.38. The van der Waals surface area contributed by atoms with E-state index in [0.717, 1.165) is 70.6 Å². The monoisotopic (exact) mass is 1250 g/mol. The van der Waals surface area contributed by atoms with Gasteiger partial charge >= 0.3 is 11.9 Å². The molecule has 0 N–H and O–H groups in total. The molecule has 10 heteroatoms. The van der Waals surface area contributed by atoms with E-state index >= 15 is 0 Å². The second-order valence-corrected chi connectivity index (χ2v) is 27.7. The fraction of sp³-hybridized carbons (Fsp3) is 0.795. The van der Waals surface area contributed by atoms with Crippen molar-refractivity contribution in [2.75, 3.05) is 47.5 Å². The zero-order chi connectivity index (χ0) is 64.1. The molecule has 0 bridgehead atoms. The largest absolute Gasteiger partial charge is 0.756 e. The van der Waals surface area contributed by atoms with Gasteiger partial charge in [0.25, 0.3) is 7.82 Å². The summed E-state index contributed by atoms with van der Waals surface area (Å²) in [6, 6.07) is 0. The lowest BCUT2D eigenvalue weighted by Gasteiger charge is -2.28. The van der Waals surface area contributed by atoms with Crippen LogP contribution in [0.4, 0.5) is 0 Å². The highest BCUT2D eigenvalue weighted by atomic mass is 31.2. The SMILES string of the molecule is CC/C=C\C/C=C\C/C=C\C/C=C\C/C=C\CCCCCCCCCCCCCCCCCCCCCCCCCCCC(=O)OC(COC(=O)CCCCCCCCCCCCC/C=C\C/C=C\CCCCCCC)COP(=O)([O-])OCC[N+](C)(C)C. The van der Waals surface area contributed by atoms with Crippen LogP contribution in [0.5, 0.6) is 0 Å². The Bertz CT molecular complexity index is 1760.